The Morgan fingerprint density at radius 3 is 2.50 bits per heavy atom. The molecule has 0 aliphatic heterocycles. The van der Waals surface area contributed by atoms with E-state index in [1.54, 1.807) is 0 Å². The van der Waals surface area contributed by atoms with E-state index in [2.05, 4.69) is 71.5 Å². The normalized spacial score (nSPS) is 11.5. The molecule has 0 aromatic carbocycles. The van der Waals surface area contributed by atoms with Gasteiger partial charge in [-0.3, -0.25) is 0 Å². The molecule has 1 rings (SSSR count). The van der Waals surface area contributed by atoms with Crippen molar-refractivity contribution in [2.75, 3.05) is 18.0 Å². The fourth-order valence-corrected chi connectivity index (χ4v) is 2.20. The molecule has 5 heteroatoms. The van der Waals surface area contributed by atoms with Gasteiger partial charge < -0.3 is 4.90 Å². The van der Waals surface area contributed by atoms with Gasteiger partial charge in [-0.05, 0) is 21.8 Å². The van der Waals surface area contributed by atoms with E-state index >= 15 is 0 Å². The van der Waals surface area contributed by atoms with Gasteiger partial charge in [0, 0.05) is 24.6 Å². The fraction of sp³-hybridized carbons (Fsp3) is 0.667. The molecule has 0 bridgehead atoms. The molecule has 20 heavy (non-hydrogen) atoms. The lowest BCUT2D eigenvalue weighted by atomic mass is 9.96. The quantitative estimate of drug-likeness (QED) is 0.763. The molecule has 0 fully saturated rings. The van der Waals surface area contributed by atoms with Crippen LogP contribution >= 0.6 is 15.9 Å². The molecular formula is C15H23BrN4. The van der Waals surface area contributed by atoms with Crippen molar-refractivity contribution in [3.63, 3.8) is 0 Å². The second-order valence-electron chi connectivity index (χ2n) is 6.37. The van der Waals surface area contributed by atoms with Crippen LogP contribution in [0.4, 0.5) is 5.82 Å². The van der Waals surface area contributed by atoms with Crippen LogP contribution in [0.1, 0.15) is 46.9 Å². The second kappa shape index (κ2) is 7.03. The number of anilines is 1. The Hall–Kier alpha value is -1.15. The fourth-order valence-electron chi connectivity index (χ4n) is 1.83. The summed E-state index contributed by atoms with van der Waals surface area (Å²) in [4.78, 5) is 11.3. The standard InChI is InChI=1S/C15H23BrN4/c1-11(2)10-20(8-6-7-17)13-9-12(16)18-14(19-13)15(3,4)5/h9,11H,6,8,10H2,1-5H3. The zero-order valence-corrected chi connectivity index (χ0v) is 14.5. The van der Waals surface area contributed by atoms with Crippen LogP contribution in [0.5, 0.6) is 0 Å². The van der Waals surface area contributed by atoms with Crippen LogP contribution in [0.3, 0.4) is 0 Å². The second-order valence-corrected chi connectivity index (χ2v) is 7.18. The number of nitriles is 1. The highest BCUT2D eigenvalue weighted by atomic mass is 79.9. The molecule has 1 aromatic rings. The molecule has 1 aromatic heterocycles. The first-order valence-corrected chi connectivity index (χ1v) is 7.70. The number of halogens is 1. The van der Waals surface area contributed by atoms with E-state index in [9.17, 15) is 0 Å². The van der Waals surface area contributed by atoms with Gasteiger partial charge in [-0.25, -0.2) is 9.97 Å². The first kappa shape index (κ1) is 16.9. The lowest BCUT2D eigenvalue weighted by Gasteiger charge is -2.26. The summed E-state index contributed by atoms with van der Waals surface area (Å²) in [5.41, 5.74) is -0.0999. The molecule has 0 spiro atoms. The summed E-state index contributed by atoms with van der Waals surface area (Å²) in [7, 11) is 0. The zero-order chi connectivity index (χ0) is 15.3. The van der Waals surface area contributed by atoms with Crippen molar-refractivity contribution in [2.24, 2.45) is 5.92 Å². The van der Waals surface area contributed by atoms with E-state index < -0.39 is 0 Å². The number of aromatic nitrogens is 2. The molecule has 0 saturated heterocycles. The first-order chi connectivity index (χ1) is 9.24. The highest BCUT2D eigenvalue weighted by Crippen LogP contribution is 2.24. The Morgan fingerprint density at radius 2 is 2.00 bits per heavy atom. The van der Waals surface area contributed by atoms with Crippen LogP contribution in [0.25, 0.3) is 0 Å². The number of nitrogens with zero attached hydrogens (tertiary/aromatic N) is 4. The first-order valence-electron chi connectivity index (χ1n) is 6.91. The van der Waals surface area contributed by atoms with Crippen molar-refractivity contribution >= 4 is 21.7 Å². The Bertz CT molecular complexity index is 486. The van der Waals surface area contributed by atoms with E-state index in [0.717, 1.165) is 22.8 Å². The molecule has 0 unspecified atom stereocenters. The highest BCUT2D eigenvalue weighted by Gasteiger charge is 2.20. The molecule has 0 atom stereocenters. The Kier molecular flexibility index (Phi) is 5.94. The van der Waals surface area contributed by atoms with E-state index in [-0.39, 0.29) is 5.41 Å². The number of hydrogen-bond acceptors (Lipinski definition) is 4. The lowest BCUT2D eigenvalue weighted by Crippen LogP contribution is -2.30. The van der Waals surface area contributed by atoms with Gasteiger partial charge in [-0.2, -0.15) is 5.26 Å². The van der Waals surface area contributed by atoms with Crippen molar-refractivity contribution in [3.05, 3.63) is 16.5 Å². The van der Waals surface area contributed by atoms with E-state index in [1.807, 2.05) is 6.07 Å². The van der Waals surface area contributed by atoms with Crippen LogP contribution < -0.4 is 4.90 Å². The third kappa shape index (κ3) is 5.09. The predicted octanol–water partition coefficient (Wildman–Crippen LogP) is 3.91. The largest absolute Gasteiger partial charge is 0.355 e. The smallest absolute Gasteiger partial charge is 0.137 e. The summed E-state index contributed by atoms with van der Waals surface area (Å²) >= 11 is 3.47. The monoisotopic (exact) mass is 338 g/mol. The van der Waals surface area contributed by atoms with Gasteiger partial charge in [0.2, 0.25) is 0 Å². The van der Waals surface area contributed by atoms with Crippen molar-refractivity contribution in [1.82, 2.24) is 9.97 Å². The summed E-state index contributed by atoms with van der Waals surface area (Å²) in [6, 6.07) is 4.13. The Morgan fingerprint density at radius 1 is 1.35 bits per heavy atom. The summed E-state index contributed by atoms with van der Waals surface area (Å²) in [6.45, 7) is 12.2. The van der Waals surface area contributed by atoms with Gasteiger partial charge in [0.1, 0.15) is 16.2 Å². The molecule has 0 N–H and O–H groups in total. The molecule has 4 nitrogen and oxygen atoms in total. The molecule has 0 aliphatic carbocycles. The Labute approximate surface area is 130 Å². The van der Waals surface area contributed by atoms with Gasteiger partial charge in [-0.1, -0.05) is 34.6 Å². The van der Waals surface area contributed by atoms with Gasteiger partial charge in [0.15, 0.2) is 0 Å². The van der Waals surface area contributed by atoms with Crippen molar-refractivity contribution in [1.29, 1.82) is 5.26 Å². The van der Waals surface area contributed by atoms with Crippen molar-refractivity contribution < 1.29 is 0 Å². The number of hydrogen-bond donors (Lipinski definition) is 0. The van der Waals surface area contributed by atoms with E-state index in [4.69, 9.17) is 5.26 Å². The maximum Gasteiger partial charge on any atom is 0.137 e. The molecule has 110 valence electrons. The minimum Gasteiger partial charge on any atom is -0.355 e. The minimum absolute atomic E-state index is 0.0999. The number of rotatable bonds is 5. The third-order valence-corrected chi connectivity index (χ3v) is 3.16. The van der Waals surface area contributed by atoms with Gasteiger partial charge in [0.05, 0.1) is 12.5 Å². The molecule has 0 aliphatic rings. The average molecular weight is 339 g/mol. The van der Waals surface area contributed by atoms with Gasteiger partial charge in [-0.15, -0.1) is 0 Å². The summed E-state index contributed by atoms with van der Waals surface area (Å²) in [5, 5.41) is 8.82. The minimum atomic E-state index is -0.0999. The van der Waals surface area contributed by atoms with Crippen molar-refractivity contribution in [3.8, 4) is 6.07 Å². The van der Waals surface area contributed by atoms with Crippen LogP contribution in [0.15, 0.2) is 10.7 Å². The average Bonchev–Trinajstić information content (AvgIpc) is 2.32. The van der Waals surface area contributed by atoms with Gasteiger partial charge in [0.25, 0.3) is 0 Å². The summed E-state index contributed by atoms with van der Waals surface area (Å²) in [5.74, 6) is 2.22. The van der Waals surface area contributed by atoms with Crippen LogP contribution in [-0.2, 0) is 5.41 Å². The predicted molar refractivity (Wildman–Crippen MR) is 85.7 cm³/mol. The molecular weight excluding hydrogens is 316 g/mol. The zero-order valence-electron chi connectivity index (χ0n) is 12.9. The molecule has 0 radical (unpaired) electrons. The van der Waals surface area contributed by atoms with Crippen LogP contribution in [0, 0.1) is 17.2 Å². The lowest BCUT2D eigenvalue weighted by molar-refractivity contribution is 0.538. The maximum absolute atomic E-state index is 8.82. The SMILES string of the molecule is CC(C)CN(CCC#N)c1cc(Br)nc(C(C)(C)C)n1. The molecule has 0 saturated carbocycles. The third-order valence-electron chi connectivity index (χ3n) is 2.76. The van der Waals surface area contributed by atoms with E-state index in [0.29, 0.717) is 18.9 Å². The van der Waals surface area contributed by atoms with E-state index in [1.165, 1.54) is 0 Å². The molecule has 0 amide bonds. The Balaban J connectivity index is 3.12. The maximum atomic E-state index is 8.82. The van der Waals surface area contributed by atoms with Crippen molar-refractivity contribution in [2.45, 2.75) is 46.5 Å². The van der Waals surface area contributed by atoms with Crippen LogP contribution in [0.2, 0.25) is 0 Å². The van der Waals surface area contributed by atoms with Gasteiger partial charge >= 0.3 is 0 Å². The summed E-state index contributed by atoms with van der Waals surface area (Å²) < 4.78 is 0.790. The summed E-state index contributed by atoms with van der Waals surface area (Å²) in [6.07, 6.45) is 0.499. The molecule has 1 heterocycles. The van der Waals surface area contributed by atoms with Crippen LogP contribution in [-0.4, -0.2) is 23.1 Å². The highest BCUT2D eigenvalue weighted by molar-refractivity contribution is 9.10. The topological polar surface area (TPSA) is 52.8 Å².